The first kappa shape index (κ1) is 12.0. The fourth-order valence-corrected chi connectivity index (χ4v) is 1.74. The Labute approximate surface area is 92.5 Å². The van der Waals surface area contributed by atoms with Gasteiger partial charge in [-0.05, 0) is 49.4 Å². The molecule has 0 aromatic heterocycles. The van der Waals surface area contributed by atoms with Crippen LogP contribution in [0.5, 0.6) is 0 Å². The SMILES string of the molecule is CCC(=O)CCc1cc(C)c(C)cc1C. The van der Waals surface area contributed by atoms with Crippen LogP contribution in [-0.4, -0.2) is 5.78 Å². The zero-order valence-electron chi connectivity index (χ0n) is 10.2. The van der Waals surface area contributed by atoms with E-state index in [1.165, 1.54) is 22.3 Å². The summed E-state index contributed by atoms with van der Waals surface area (Å²) < 4.78 is 0. The van der Waals surface area contributed by atoms with Gasteiger partial charge in [-0.3, -0.25) is 4.79 Å². The molecule has 1 rings (SSSR count). The van der Waals surface area contributed by atoms with Crippen molar-refractivity contribution in [3.8, 4) is 0 Å². The lowest BCUT2D eigenvalue weighted by atomic mass is 9.97. The number of benzene rings is 1. The second-order valence-corrected chi connectivity index (χ2v) is 4.26. The summed E-state index contributed by atoms with van der Waals surface area (Å²) in [5.41, 5.74) is 5.28. The molecule has 0 fully saturated rings. The van der Waals surface area contributed by atoms with Gasteiger partial charge in [0.2, 0.25) is 0 Å². The first-order chi connectivity index (χ1) is 7.04. The average molecular weight is 204 g/mol. The van der Waals surface area contributed by atoms with E-state index >= 15 is 0 Å². The van der Waals surface area contributed by atoms with Crippen LogP contribution in [0, 0.1) is 20.8 Å². The van der Waals surface area contributed by atoms with E-state index < -0.39 is 0 Å². The maximum Gasteiger partial charge on any atom is 0.132 e. The number of carbonyl (C=O) groups is 1. The van der Waals surface area contributed by atoms with Gasteiger partial charge in [-0.15, -0.1) is 0 Å². The summed E-state index contributed by atoms with van der Waals surface area (Å²) in [6, 6.07) is 4.43. The molecular weight excluding hydrogens is 184 g/mol. The zero-order valence-corrected chi connectivity index (χ0v) is 10.2. The molecule has 0 N–H and O–H groups in total. The van der Waals surface area contributed by atoms with Crippen molar-refractivity contribution in [3.05, 3.63) is 34.4 Å². The first-order valence-corrected chi connectivity index (χ1v) is 5.63. The van der Waals surface area contributed by atoms with Gasteiger partial charge in [-0.1, -0.05) is 19.1 Å². The Morgan fingerprint density at radius 1 is 1.07 bits per heavy atom. The molecule has 0 radical (unpaired) electrons. The summed E-state index contributed by atoms with van der Waals surface area (Å²) in [6.07, 6.45) is 2.23. The van der Waals surface area contributed by atoms with Crippen molar-refractivity contribution in [1.82, 2.24) is 0 Å². The maximum absolute atomic E-state index is 11.2. The third-order valence-electron chi connectivity index (χ3n) is 3.02. The number of rotatable bonds is 4. The lowest BCUT2D eigenvalue weighted by Crippen LogP contribution is -2.00. The summed E-state index contributed by atoms with van der Waals surface area (Å²) in [7, 11) is 0. The Morgan fingerprint density at radius 3 is 2.27 bits per heavy atom. The minimum Gasteiger partial charge on any atom is -0.300 e. The van der Waals surface area contributed by atoms with Crippen molar-refractivity contribution < 1.29 is 4.79 Å². The largest absolute Gasteiger partial charge is 0.300 e. The van der Waals surface area contributed by atoms with Crippen LogP contribution in [0.15, 0.2) is 12.1 Å². The van der Waals surface area contributed by atoms with E-state index in [-0.39, 0.29) is 0 Å². The smallest absolute Gasteiger partial charge is 0.132 e. The third-order valence-corrected chi connectivity index (χ3v) is 3.02. The summed E-state index contributed by atoms with van der Waals surface area (Å²) in [4.78, 5) is 11.2. The van der Waals surface area contributed by atoms with Crippen LogP contribution in [0.1, 0.15) is 42.0 Å². The van der Waals surface area contributed by atoms with Gasteiger partial charge in [0, 0.05) is 12.8 Å². The molecule has 0 spiro atoms. The highest BCUT2D eigenvalue weighted by Gasteiger charge is 2.04. The topological polar surface area (TPSA) is 17.1 Å². The molecule has 1 aromatic carbocycles. The highest BCUT2D eigenvalue weighted by atomic mass is 16.1. The quantitative estimate of drug-likeness (QED) is 0.733. The summed E-state index contributed by atoms with van der Waals surface area (Å²) in [5, 5.41) is 0. The van der Waals surface area contributed by atoms with E-state index in [0.717, 1.165) is 6.42 Å². The fraction of sp³-hybridized carbons (Fsp3) is 0.500. The van der Waals surface area contributed by atoms with Crippen LogP contribution >= 0.6 is 0 Å². The monoisotopic (exact) mass is 204 g/mol. The van der Waals surface area contributed by atoms with E-state index in [1.807, 2.05) is 6.92 Å². The molecular formula is C14H20O. The molecule has 0 saturated heterocycles. The Balaban J connectivity index is 2.77. The fourth-order valence-electron chi connectivity index (χ4n) is 1.74. The summed E-state index contributed by atoms with van der Waals surface area (Å²) in [5.74, 6) is 0.354. The second-order valence-electron chi connectivity index (χ2n) is 4.26. The number of Topliss-reactive ketones (excluding diaryl/α,β-unsaturated/α-hetero) is 1. The molecule has 0 saturated carbocycles. The normalized spacial score (nSPS) is 10.4. The van der Waals surface area contributed by atoms with Gasteiger partial charge in [0.15, 0.2) is 0 Å². The predicted molar refractivity (Wildman–Crippen MR) is 64.3 cm³/mol. The van der Waals surface area contributed by atoms with Crippen LogP contribution in [0.4, 0.5) is 0 Å². The molecule has 0 aliphatic heterocycles. The van der Waals surface area contributed by atoms with Gasteiger partial charge in [0.05, 0.1) is 0 Å². The molecule has 0 unspecified atom stereocenters. The standard InChI is InChI=1S/C14H20O/c1-5-14(15)7-6-13-9-11(3)10(2)8-12(13)4/h8-9H,5-7H2,1-4H3. The van der Waals surface area contributed by atoms with Crippen LogP contribution in [-0.2, 0) is 11.2 Å². The number of aryl methyl sites for hydroxylation is 4. The molecule has 0 aliphatic carbocycles. The molecule has 0 atom stereocenters. The molecule has 0 bridgehead atoms. The Hall–Kier alpha value is -1.11. The van der Waals surface area contributed by atoms with Gasteiger partial charge in [-0.25, -0.2) is 0 Å². The Kier molecular flexibility index (Phi) is 4.07. The number of carbonyl (C=O) groups excluding carboxylic acids is 1. The molecule has 82 valence electrons. The van der Waals surface area contributed by atoms with Gasteiger partial charge < -0.3 is 0 Å². The van der Waals surface area contributed by atoms with E-state index in [2.05, 4.69) is 32.9 Å². The predicted octanol–water partition coefficient (Wildman–Crippen LogP) is 3.52. The molecule has 1 aromatic rings. The van der Waals surface area contributed by atoms with Gasteiger partial charge >= 0.3 is 0 Å². The van der Waals surface area contributed by atoms with Crippen molar-refractivity contribution >= 4 is 5.78 Å². The molecule has 0 amide bonds. The zero-order chi connectivity index (χ0) is 11.4. The van der Waals surface area contributed by atoms with Crippen molar-refractivity contribution in [2.24, 2.45) is 0 Å². The number of hydrogen-bond acceptors (Lipinski definition) is 1. The van der Waals surface area contributed by atoms with E-state index in [4.69, 9.17) is 0 Å². The minimum absolute atomic E-state index is 0.354. The lowest BCUT2D eigenvalue weighted by Gasteiger charge is -2.09. The highest BCUT2D eigenvalue weighted by Crippen LogP contribution is 2.17. The van der Waals surface area contributed by atoms with Crippen LogP contribution < -0.4 is 0 Å². The lowest BCUT2D eigenvalue weighted by molar-refractivity contribution is -0.118. The Bertz CT molecular complexity index is 364. The summed E-state index contributed by atoms with van der Waals surface area (Å²) in [6.45, 7) is 8.30. The van der Waals surface area contributed by atoms with E-state index in [9.17, 15) is 4.79 Å². The molecule has 15 heavy (non-hydrogen) atoms. The maximum atomic E-state index is 11.2. The van der Waals surface area contributed by atoms with Crippen LogP contribution in [0.3, 0.4) is 0 Å². The van der Waals surface area contributed by atoms with Gasteiger partial charge in [0.25, 0.3) is 0 Å². The second kappa shape index (κ2) is 5.11. The average Bonchev–Trinajstić information content (AvgIpc) is 2.21. The summed E-state index contributed by atoms with van der Waals surface area (Å²) >= 11 is 0. The van der Waals surface area contributed by atoms with E-state index in [0.29, 0.717) is 18.6 Å². The number of ketones is 1. The van der Waals surface area contributed by atoms with Crippen LogP contribution in [0.25, 0.3) is 0 Å². The van der Waals surface area contributed by atoms with Crippen molar-refractivity contribution in [1.29, 1.82) is 0 Å². The third kappa shape index (κ3) is 3.19. The van der Waals surface area contributed by atoms with Crippen molar-refractivity contribution in [2.45, 2.75) is 47.0 Å². The Morgan fingerprint density at radius 2 is 1.67 bits per heavy atom. The molecule has 1 nitrogen and oxygen atoms in total. The molecule has 0 aliphatic rings. The van der Waals surface area contributed by atoms with Crippen LogP contribution in [0.2, 0.25) is 0 Å². The van der Waals surface area contributed by atoms with Gasteiger partial charge in [0.1, 0.15) is 5.78 Å². The van der Waals surface area contributed by atoms with Crippen molar-refractivity contribution in [3.63, 3.8) is 0 Å². The highest BCUT2D eigenvalue weighted by molar-refractivity contribution is 5.78. The minimum atomic E-state index is 0.354. The molecule has 0 heterocycles. The van der Waals surface area contributed by atoms with Gasteiger partial charge in [-0.2, -0.15) is 0 Å². The van der Waals surface area contributed by atoms with Crippen molar-refractivity contribution in [2.75, 3.05) is 0 Å². The van der Waals surface area contributed by atoms with E-state index in [1.54, 1.807) is 0 Å². The molecule has 1 heteroatoms. The number of hydrogen-bond donors (Lipinski definition) is 0. The first-order valence-electron chi connectivity index (χ1n) is 5.63.